The second kappa shape index (κ2) is 9.74. The fourth-order valence-electron chi connectivity index (χ4n) is 3.30. The lowest BCUT2D eigenvalue weighted by atomic mass is 10.0. The molecule has 0 spiro atoms. The first-order chi connectivity index (χ1) is 15.1. The molecule has 1 aromatic carbocycles. The first kappa shape index (κ1) is 23.8. The largest absolute Gasteiger partial charge is 0.481 e. The number of carbonyl (C=O) groups is 2. The smallest absolute Gasteiger partial charge is 0.433 e. The quantitative estimate of drug-likeness (QED) is 0.539. The molecule has 1 amide bonds. The fraction of sp³-hybridized carbons (Fsp3) is 0.381. The van der Waals surface area contributed by atoms with E-state index in [0.717, 1.165) is 17.5 Å². The summed E-state index contributed by atoms with van der Waals surface area (Å²) in [5.74, 6) is -2.52. The van der Waals surface area contributed by atoms with Crippen molar-refractivity contribution in [2.75, 3.05) is 6.54 Å². The van der Waals surface area contributed by atoms with E-state index in [1.54, 1.807) is 24.3 Å². The predicted octanol–water partition coefficient (Wildman–Crippen LogP) is 3.63. The van der Waals surface area contributed by atoms with Crippen LogP contribution in [0.15, 0.2) is 52.9 Å². The maximum atomic E-state index is 13.7. The molecule has 3 rings (SSSR count). The van der Waals surface area contributed by atoms with Gasteiger partial charge in [0.25, 0.3) is 0 Å². The highest BCUT2D eigenvalue weighted by atomic mass is 35.5. The molecule has 2 unspecified atom stereocenters. The minimum Gasteiger partial charge on any atom is -0.481 e. The van der Waals surface area contributed by atoms with Crippen molar-refractivity contribution in [2.24, 2.45) is 10.9 Å². The number of halogens is 4. The number of rotatable bonds is 8. The average molecular weight is 471 g/mol. The van der Waals surface area contributed by atoms with Gasteiger partial charge in [-0.2, -0.15) is 13.2 Å². The summed E-state index contributed by atoms with van der Waals surface area (Å²) in [5, 5.41) is 12.9. The highest BCUT2D eigenvalue weighted by Gasteiger charge is 2.44. The molecule has 172 valence electrons. The lowest BCUT2D eigenvalue weighted by molar-refractivity contribution is -0.142. The summed E-state index contributed by atoms with van der Waals surface area (Å²) in [6, 6.07) is 5.06. The van der Waals surface area contributed by atoms with Crippen LogP contribution in [-0.2, 0) is 9.59 Å². The monoisotopic (exact) mass is 470 g/mol. The molecule has 0 fully saturated rings. The molecule has 2 aliphatic rings. The van der Waals surface area contributed by atoms with E-state index in [-0.39, 0.29) is 18.1 Å². The van der Waals surface area contributed by atoms with Crippen molar-refractivity contribution in [2.45, 2.75) is 38.4 Å². The highest BCUT2D eigenvalue weighted by molar-refractivity contribution is 6.30. The van der Waals surface area contributed by atoms with Crippen molar-refractivity contribution < 1.29 is 27.9 Å². The number of fused-ring (bicyclic) bond motifs is 1. The third-order valence-electron chi connectivity index (χ3n) is 5.05. The number of nitrogens with zero attached hydrogens (tertiary/aromatic N) is 2. The molecule has 0 saturated carbocycles. The van der Waals surface area contributed by atoms with Gasteiger partial charge < -0.3 is 10.4 Å². The van der Waals surface area contributed by atoms with Crippen molar-refractivity contribution in [1.29, 1.82) is 0 Å². The molecule has 0 aromatic heterocycles. The summed E-state index contributed by atoms with van der Waals surface area (Å²) in [4.78, 5) is 28.1. The van der Waals surface area contributed by atoms with Crippen molar-refractivity contribution in [1.82, 2.24) is 15.8 Å². The molecular formula is C21H22ClF3N4O3. The molecule has 0 aliphatic carbocycles. The Morgan fingerprint density at radius 3 is 2.59 bits per heavy atom. The van der Waals surface area contributed by atoms with Gasteiger partial charge in [0.2, 0.25) is 5.91 Å². The van der Waals surface area contributed by atoms with Crippen LogP contribution >= 0.6 is 11.6 Å². The zero-order valence-electron chi connectivity index (χ0n) is 17.1. The number of amides is 1. The third kappa shape index (κ3) is 5.49. The maximum Gasteiger partial charge on any atom is 0.433 e. The lowest BCUT2D eigenvalue weighted by Crippen LogP contribution is -2.49. The molecule has 2 aliphatic heterocycles. The number of hydrogen-bond donors (Lipinski definition) is 3. The zero-order valence-corrected chi connectivity index (χ0v) is 17.9. The third-order valence-corrected chi connectivity index (χ3v) is 5.31. The Hall–Kier alpha value is -2.85. The van der Waals surface area contributed by atoms with Gasteiger partial charge in [0.15, 0.2) is 0 Å². The summed E-state index contributed by atoms with van der Waals surface area (Å²) in [6.07, 6.45) is -0.657. The zero-order chi connectivity index (χ0) is 23.5. The predicted molar refractivity (Wildman–Crippen MR) is 113 cm³/mol. The first-order valence-electron chi connectivity index (χ1n) is 10.0. The Labute approximate surface area is 187 Å². The molecule has 0 saturated heterocycles. The van der Waals surface area contributed by atoms with E-state index in [1.807, 2.05) is 6.92 Å². The van der Waals surface area contributed by atoms with Crippen LogP contribution in [0.25, 0.3) is 0 Å². The van der Waals surface area contributed by atoms with E-state index < -0.39 is 35.7 Å². The summed E-state index contributed by atoms with van der Waals surface area (Å²) in [6.45, 7) is 1.81. The minimum absolute atomic E-state index is 0.0739. The summed E-state index contributed by atoms with van der Waals surface area (Å²) < 4.78 is 41.1. The molecule has 3 N–H and O–H groups in total. The van der Waals surface area contributed by atoms with Crippen molar-refractivity contribution in [3.63, 3.8) is 0 Å². The number of carboxylic acids is 1. The number of alkyl halides is 3. The van der Waals surface area contributed by atoms with Crippen LogP contribution < -0.4 is 10.7 Å². The minimum atomic E-state index is -4.71. The molecule has 1 aromatic rings. The summed E-state index contributed by atoms with van der Waals surface area (Å²) >= 11 is 5.85. The van der Waals surface area contributed by atoms with Crippen molar-refractivity contribution >= 4 is 29.2 Å². The molecule has 2 atom stereocenters. The van der Waals surface area contributed by atoms with Gasteiger partial charge in [0.05, 0.1) is 11.6 Å². The normalized spacial score (nSPS) is 19.0. The van der Waals surface area contributed by atoms with E-state index in [1.165, 1.54) is 6.08 Å². The number of hydrogen-bond acceptors (Lipinski definition) is 5. The van der Waals surface area contributed by atoms with E-state index in [0.29, 0.717) is 23.4 Å². The van der Waals surface area contributed by atoms with Crippen LogP contribution in [0.4, 0.5) is 13.2 Å². The van der Waals surface area contributed by atoms with E-state index in [9.17, 15) is 27.9 Å². The Morgan fingerprint density at radius 2 is 2.00 bits per heavy atom. The second-order valence-corrected chi connectivity index (χ2v) is 7.86. The molecule has 2 heterocycles. The number of hydrazine groups is 1. The first-order valence-corrected chi connectivity index (χ1v) is 10.4. The van der Waals surface area contributed by atoms with Gasteiger partial charge in [0, 0.05) is 17.1 Å². The molecule has 32 heavy (non-hydrogen) atoms. The number of unbranched alkanes of at least 4 members (excludes halogenated alkanes) is 1. The van der Waals surface area contributed by atoms with Crippen LogP contribution in [0.1, 0.15) is 31.7 Å². The molecular weight excluding hydrogens is 449 g/mol. The van der Waals surface area contributed by atoms with Crippen molar-refractivity contribution in [3.8, 4) is 0 Å². The van der Waals surface area contributed by atoms with Crippen LogP contribution in [0.3, 0.4) is 0 Å². The summed E-state index contributed by atoms with van der Waals surface area (Å²) in [7, 11) is 0. The number of benzene rings is 1. The summed E-state index contributed by atoms with van der Waals surface area (Å²) in [5.41, 5.74) is 1.98. The number of carbonyl (C=O) groups excluding carboxylic acids is 1. The molecule has 0 bridgehead atoms. The van der Waals surface area contributed by atoms with Gasteiger partial charge in [-0.1, -0.05) is 43.5 Å². The Kier molecular flexibility index (Phi) is 7.25. The molecule has 0 radical (unpaired) electrons. The number of aliphatic carboxylic acids is 1. The highest BCUT2D eigenvalue weighted by Crippen LogP contribution is 2.35. The Balaban J connectivity index is 1.79. The SMILES string of the molecule is CCCCC(CNC(=O)C1C=C2N=C(c3ccc(Cl)cc3)C=C(C(F)(F)F)N2N1)C(=O)O. The fourth-order valence-corrected chi connectivity index (χ4v) is 3.43. The van der Waals surface area contributed by atoms with Crippen molar-refractivity contribution in [3.05, 3.63) is 58.5 Å². The average Bonchev–Trinajstić information content (AvgIpc) is 3.16. The maximum absolute atomic E-state index is 13.7. The van der Waals surface area contributed by atoms with Gasteiger partial charge in [0.1, 0.15) is 17.6 Å². The van der Waals surface area contributed by atoms with Gasteiger partial charge in [-0.05, 0) is 30.7 Å². The number of carboxylic acid groups (broad SMARTS) is 1. The van der Waals surface area contributed by atoms with Gasteiger partial charge >= 0.3 is 12.1 Å². The topological polar surface area (TPSA) is 94.0 Å². The van der Waals surface area contributed by atoms with Gasteiger partial charge in [-0.15, -0.1) is 0 Å². The van der Waals surface area contributed by atoms with E-state index >= 15 is 0 Å². The second-order valence-electron chi connectivity index (χ2n) is 7.42. The van der Waals surface area contributed by atoms with Crippen LogP contribution in [0, 0.1) is 5.92 Å². The Bertz CT molecular complexity index is 973. The van der Waals surface area contributed by atoms with E-state index in [2.05, 4.69) is 15.7 Å². The van der Waals surface area contributed by atoms with Gasteiger partial charge in [-0.3, -0.25) is 14.6 Å². The number of aliphatic imine (C=N–C) groups is 1. The van der Waals surface area contributed by atoms with Crippen LogP contribution in [-0.4, -0.2) is 46.5 Å². The van der Waals surface area contributed by atoms with Crippen LogP contribution in [0.5, 0.6) is 0 Å². The van der Waals surface area contributed by atoms with E-state index in [4.69, 9.17) is 11.6 Å². The van der Waals surface area contributed by atoms with Crippen LogP contribution in [0.2, 0.25) is 5.02 Å². The standard InChI is InChI=1S/C21H22ClF3N4O3/c1-2-3-4-13(20(31)32)11-26-19(30)16-10-18-27-15(12-5-7-14(22)8-6-12)9-17(21(23,24)25)29(18)28-16/h5-10,13,16,28H,2-4,11H2,1H3,(H,26,30)(H,31,32). The number of nitrogens with one attached hydrogen (secondary N) is 2. The molecule has 11 heteroatoms. The van der Waals surface area contributed by atoms with Gasteiger partial charge in [-0.25, -0.2) is 10.4 Å². The number of allylic oxidation sites excluding steroid dienone is 2. The Morgan fingerprint density at radius 1 is 1.31 bits per heavy atom. The lowest BCUT2D eigenvalue weighted by Gasteiger charge is -2.29. The molecule has 7 nitrogen and oxygen atoms in total.